The van der Waals surface area contributed by atoms with Crippen molar-refractivity contribution in [2.24, 2.45) is 0 Å². The van der Waals surface area contributed by atoms with Crippen LogP contribution in [0.25, 0.3) is 6.08 Å². The normalized spacial score (nSPS) is 11.8. The molecule has 0 spiro atoms. The highest BCUT2D eigenvalue weighted by atomic mass is 35.5. The maximum atomic E-state index is 13.5. The molecule has 3 amide bonds. The number of halogens is 3. The van der Waals surface area contributed by atoms with Crippen LogP contribution in [0.4, 0.5) is 11.4 Å². The van der Waals surface area contributed by atoms with Crippen LogP contribution in [-0.2, 0) is 9.59 Å². The zero-order valence-corrected chi connectivity index (χ0v) is 27.1. The summed E-state index contributed by atoms with van der Waals surface area (Å²) < 4.78 is 0. The summed E-state index contributed by atoms with van der Waals surface area (Å²) in [6.07, 6.45) is 1.56. The van der Waals surface area contributed by atoms with E-state index in [9.17, 15) is 14.4 Å². The zero-order chi connectivity index (χ0) is 32.5. The third kappa shape index (κ3) is 9.25. The highest BCUT2D eigenvalue weighted by Crippen LogP contribution is 2.37. The van der Waals surface area contributed by atoms with Crippen LogP contribution >= 0.6 is 46.6 Å². The summed E-state index contributed by atoms with van der Waals surface area (Å²) in [7, 11) is 0. The van der Waals surface area contributed by atoms with E-state index in [0.717, 1.165) is 10.5 Å². The van der Waals surface area contributed by atoms with Gasteiger partial charge in [-0.25, -0.2) is 0 Å². The molecule has 1 atom stereocenters. The van der Waals surface area contributed by atoms with E-state index < -0.39 is 17.1 Å². The van der Waals surface area contributed by atoms with Crippen LogP contribution in [0.3, 0.4) is 0 Å². The molecular weight excluding hydrogens is 661 g/mol. The fraction of sp³-hybridized carbons (Fsp3) is 0.0278. The second kappa shape index (κ2) is 15.7. The molecule has 0 aliphatic carbocycles. The van der Waals surface area contributed by atoms with E-state index in [1.165, 1.54) is 11.8 Å². The molecule has 5 aromatic carbocycles. The maximum Gasteiger partial charge on any atom is 0.272 e. The van der Waals surface area contributed by atoms with Gasteiger partial charge in [0.2, 0.25) is 5.91 Å². The molecule has 5 rings (SSSR count). The minimum absolute atomic E-state index is 0.0384. The SMILES string of the molecule is O=C(Nc1ccc(SC(C(=O)Nc2cc(Cl)cc(Cl)c2)c2ccccc2)cc1)/C(=C/c1cccc(Cl)c1)NC(=O)c1ccccc1. The second-order valence-corrected chi connectivity index (χ2v) is 12.5. The molecule has 0 fully saturated rings. The van der Waals surface area contributed by atoms with Crippen LogP contribution in [0.1, 0.15) is 26.7 Å². The molecule has 0 aliphatic rings. The van der Waals surface area contributed by atoms with Gasteiger partial charge < -0.3 is 16.0 Å². The molecule has 0 aliphatic heterocycles. The Hall–Kier alpha value is -4.53. The minimum atomic E-state index is -0.597. The fourth-order valence-electron chi connectivity index (χ4n) is 4.39. The second-order valence-electron chi connectivity index (χ2n) is 9.97. The number of anilines is 2. The summed E-state index contributed by atoms with van der Waals surface area (Å²) in [5, 5.41) is 9.19. The first kappa shape index (κ1) is 32.9. The van der Waals surface area contributed by atoms with E-state index >= 15 is 0 Å². The van der Waals surface area contributed by atoms with Gasteiger partial charge in [0.15, 0.2) is 0 Å². The largest absolute Gasteiger partial charge is 0.325 e. The summed E-state index contributed by atoms with van der Waals surface area (Å²) >= 11 is 19.8. The van der Waals surface area contributed by atoms with E-state index in [0.29, 0.717) is 37.6 Å². The molecule has 0 bridgehead atoms. The average Bonchev–Trinajstić information content (AvgIpc) is 3.04. The predicted molar refractivity (Wildman–Crippen MR) is 189 cm³/mol. The van der Waals surface area contributed by atoms with Crippen molar-refractivity contribution in [3.05, 3.63) is 165 Å². The summed E-state index contributed by atoms with van der Waals surface area (Å²) in [4.78, 5) is 40.6. The van der Waals surface area contributed by atoms with Crippen molar-refractivity contribution in [1.29, 1.82) is 0 Å². The summed E-state index contributed by atoms with van der Waals surface area (Å²) in [6, 6.07) is 36.9. The number of nitrogens with one attached hydrogen (secondary N) is 3. The maximum absolute atomic E-state index is 13.5. The van der Waals surface area contributed by atoms with Crippen LogP contribution in [0.5, 0.6) is 0 Å². The number of carbonyl (C=O) groups is 3. The first-order chi connectivity index (χ1) is 22.2. The molecule has 10 heteroatoms. The molecule has 6 nitrogen and oxygen atoms in total. The Kier molecular flexibility index (Phi) is 11.2. The van der Waals surface area contributed by atoms with Crippen molar-refractivity contribution in [3.8, 4) is 0 Å². The van der Waals surface area contributed by atoms with Gasteiger partial charge in [-0.3, -0.25) is 14.4 Å². The number of benzene rings is 5. The molecule has 0 saturated heterocycles. The van der Waals surface area contributed by atoms with E-state index in [-0.39, 0.29) is 11.6 Å². The molecule has 0 radical (unpaired) electrons. The van der Waals surface area contributed by atoms with Gasteiger partial charge in [-0.15, -0.1) is 11.8 Å². The zero-order valence-electron chi connectivity index (χ0n) is 24.0. The number of rotatable bonds is 10. The minimum Gasteiger partial charge on any atom is -0.325 e. The molecule has 1 unspecified atom stereocenters. The molecule has 0 heterocycles. The van der Waals surface area contributed by atoms with Gasteiger partial charge in [0.25, 0.3) is 11.8 Å². The smallest absolute Gasteiger partial charge is 0.272 e. The van der Waals surface area contributed by atoms with Crippen LogP contribution in [0, 0.1) is 0 Å². The van der Waals surface area contributed by atoms with Crippen molar-refractivity contribution < 1.29 is 14.4 Å². The number of hydrogen-bond donors (Lipinski definition) is 3. The van der Waals surface area contributed by atoms with E-state index in [1.54, 1.807) is 91.0 Å². The standard InChI is InChI=1S/C36H26Cl3N3O3S/c37-26-13-7-8-23(18-26)19-32(42-34(43)25-11-5-2-6-12-25)35(44)40-29-14-16-31(17-15-29)46-33(24-9-3-1-4-10-24)36(45)41-30-21-27(38)20-28(39)22-30/h1-22,33H,(H,40,44)(H,41,45)(H,42,43)/b32-19-. The van der Waals surface area contributed by atoms with Gasteiger partial charge in [0.05, 0.1) is 0 Å². The van der Waals surface area contributed by atoms with Gasteiger partial charge in [-0.1, -0.05) is 95.5 Å². The van der Waals surface area contributed by atoms with Crippen LogP contribution in [0.2, 0.25) is 15.1 Å². The Morgan fingerprint density at radius 2 is 1.28 bits per heavy atom. The van der Waals surface area contributed by atoms with E-state index in [1.807, 2.05) is 42.5 Å². The van der Waals surface area contributed by atoms with Crippen LogP contribution < -0.4 is 16.0 Å². The lowest BCUT2D eigenvalue weighted by molar-refractivity contribution is -0.116. The molecule has 3 N–H and O–H groups in total. The van der Waals surface area contributed by atoms with Crippen LogP contribution in [0.15, 0.2) is 138 Å². The molecule has 5 aromatic rings. The monoisotopic (exact) mass is 685 g/mol. The highest BCUT2D eigenvalue weighted by Gasteiger charge is 2.23. The number of amides is 3. The lowest BCUT2D eigenvalue weighted by Crippen LogP contribution is -2.30. The highest BCUT2D eigenvalue weighted by molar-refractivity contribution is 8.00. The lowest BCUT2D eigenvalue weighted by atomic mass is 10.1. The molecule has 230 valence electrons. The van der Waals surface area contributed by atoms with Gasteiger partial charge in [0.1, 0.15) is 10.9 Å². The summed E-state index contributed by atoms with van der Waals surface area (Å²) in [5.74, 6) is -1.20. The fourth-order valence-corrected chi connectivity index (χ4v) is 6.14. The van der Waals surface area contributed by atoms with E-state index in [4.69, 9.17) is 34.8 Å². The topological polar surface area (TPSA) is 87.3 Å². The Balaban J connectivity index is 1.33. The Bertz CT molecular complexity index is 1870. The Morgan fingerprint density at radius 1 is 0.630 bits per heavy atom. The van der Waals surface area contributed by atoms with Gasteiger partial charge in [-0.05, 0) is 83.9 Å². The van der Waals surface area contributed by atoms with Crippen molar-refractivity contribution >= 4 is 81.7 Å². The van der Waals surface area contributed by atoms with Crippen molar-refractivity contribution in [1.82, 2.24) is 5.32 Å². The van der Waals surface area contributed by atoms with Crippen molar-refractivity contribution in [2.45, 2.75) is 10.1 Å². The summed E-state index contributed by atoms with van der Waals surface area (Å²) in [5.41, 5.74) is 2.88. The Morgan fingerprint density at radius 3 is 1.93 bits per heavy atom. The first-order valence-electron chi connectivity index (χ1n) is 14.0. The number of carbonyl (C=O) groups excluding carboxylic acids is 3. The third-order valence-electron chi connectivity index (χ3n) is 6.53. The molecule has 0 saturated carbocycles. The average molecular weight is 687 g/mol. The molecule has 46 heavy (non-hydrogen) atoms. The molecule has 0 aromatic heterocycles. The third-order valence-corrected chi connectivity index (χ3v) is 8.46. The first-order valence-corrected chi connectivity index (χ1v) is 16.0. The van der Waals surface area contributed by atoms with E-state index in [2.05, 4.69) is 16.0 Å². The van der Waals surface area contributed by atoms with Crippen molar-refractivity contribution in [3.63, 3.8) is 0 Å². The van der Waals surface area contributed by atoms with Crippen molar-refractivity contribution in [2.75, 3.05) is 10.6 Å². The van der Waals surface area contributed by atoms with Gasteiger partial charge in [0, 0.05) is 36.9 Å². The van der Waals surface area contributed by atoms with Gasteiger partial charge in [-0.2, -0.15) is 0 Å². The number of hydrogen-bond acceptors (Lipinski definition) is 4. The predicted octanol–water partition coefficient (Wildman–Crippen LogP) is 9.53. The quantitative estimate of drug-likeness (QED) is 0.101. The lowest BCUT2D eigenvalue weighted by Gasteiger charge is -2.18. The van der Waals surface area contributed by atoms with Crippen LogP contribution in [-0.4, -0.2) is 17.7 Å². The summed E-state index contributed by atoms with van der Waals surface area (Å²) in [6.45, 7) is 0. The number of thioether (sulfide) groups is 1. The Labute approximate surface area is 285 Å². The van der Waals surface area contributed by atoms with Gasteiger partial charge >= 0.3 is 0 Å². The molecular formula is C36H26Cl3N3O3S.